The summed E-state index contributed by atoms with van der Waals surface area (Å²) in [6.07, 6.45) is 0. The van der Waals surface area contributed by atoms with Gasteiger partial charge in [0.05, 0.1) is 5.69 Å². The van der Waals surface area contributed by atoms with E-state index in [0.717, 1.165) is 22.3 Å². The van der Waals surface area contributed by atoms with E-state index < -0.39 is 0 Å². The molecule has 0 spiro atoms. The summed E-state index contributed by atoms with van der Waals surface area (Å²) >= 11 is 11.2. The summed E-state index contributed by atoms with van der Waals surface area (Å²) < 4.78 is 0. The first-order chi connectivity index (χ1) is 10.1. The monoisotopic (exact) mass is 312 g/mol. The van der Waals surface area contributed by atoms with E-state index in [4.69, 9.17) is 29.6 Å². The maximum absolute atomic E-state index is 6.08. The van der Waals surface area contributed by atoms with E-state index >= 15 is 0 Å². The van der Waals surface area contributed by atoms with Gasteiger partial charge in [-0.25, -0.2) is 0 Å². The Hall–Kier alpha value is -2.10. The summed E-state index contributed by atoms with van der Waals surface area (Å²) in [6, 6.07) is 19.7. The highest BCUT2D eigenvalue weighted by Crippen LogP contribution is 2.29. The van der Waals surface area contributed by atoms with E-state index in [2.05, 4.69) is 23.5 Å². The van der Waals surface area contributed by atoms with Gasteiger partial charge in [0.25, 0.3) is 0 Å². The van der Waals surface area contributed by atoms with Gasteiger partial charge in [0.15, 0.2) is 0 Å². The van der Waals surface area contributed by atoms with Crippen LogP contribution in [0.2, 0.25) is 5.02 Å². The minimum Gasteiger partial charge on any atom is -0.389 e. The van der Waals surface area contributed by atoms with Crippen LogP contribution in [0.15, 0.2) is 60.7 Å². The molecule has 3 N–H and O–H groups in total. The quantitative estimate of drug-likeness (QED) is 0.677. The molecule has 0 amide bonds. The van der Waals surface area contributed by atoms with Crippen LogP contribution in [0.4, 0.5) is 11.4 Å². The first-order valence-corrected chi connectivity index (χ1v) is 7.28. The van der Waals surface area contributed by atoms with Crippen molar-refractivity contribution in [2.75, 3.05) is 5.32 Å². The SMILES string of the molecule is NC(=S)c1ccc(Cl)cc1Nc1cccc2ccccc12. The molecule has 104 valence electrons. The minimum atomic E-state index is 0.342. The van der Waals surface area contributed by atoms with Gasteiger partial charge in [-0.1, -0.05) is 60.2 Å². The van der Waals surface area contributed by atoms with Crippen LogP contribution in [0.1, 0.15) is 5.56 Å². The molecular weight excluding hydrogens is 300 g/mol. The van der Waals surface area contributed by atoms with Crippen LogP contribution in [0.5, 0.6) is 0 Å². The number of hydrogen-bond donors (Lipinski definition) is 2. The van der Waals surface area contributed by atoms with Crippen molar-refractivity contribution in [2.45, 2.75) is 0 Å². The minimum absolute atomic E-state index is 0.342. The predicted molar refractivity (Wildman–Crippen MR) is 94.6 cm³/mol. The van der Waals surface area contributed by atoms with Crippen molar-refractivity contribution in [1.29, 1.82) is 0 Å². The standard InChI is InChI=1S/C17H13ClN2S/c18-12-8-9-14(17(19)21)16(10-12)20-15-7-3-5-11-4-1-2-6-13(11)15/h1-10,20H,(H2,19,21). The molecular formula is C17H13ClN2S. The summed E-state index contributed by atoms with van der Waals surface area (Å²) in [5.41, 5.74) is 8.36. The highest BCUT2D eigenvalue weighted by Gasteiger charge is 2.08. The molecule has 0 radical (unpaired) electrons. The van der Waals surface area contributed by atoms with Crippen molar-refractivity contribution in [3.63, 3.8) is 0 Å². The lowest BCUT2D eigenvalue weighted by atomic mass is 10.1. The second-order valence-electron chi connectivity index (χ2n) is 4.71. The predicted octanol–water partition coefficient (Wildman–Crippen LogP) is 4.87. The molecule has 21 heavy (non-hydrogen) atoms. The Bertz CT molecular complexity index is 825. The van der Waals surface area contributed by atoms with Crippen LogP contribution in [-0.4, -0.2) is 4.99 Å². The Kier molecular flexibility index (Phi) is 3.78. The zero-order chi connectivity index (χ0) is 14.8. The maximum atomic E-state index is 6.08. The van der Waals surface area contributed by atoms with Crippen molar-refractivity contribution < 1.29 is 0 Å². The molecule has 0 aromatic heterocycles. The number of fused-ring (bicyclic) bond motifs is 1. The number of thiocarbonyl (C=S) groups is 1. The average Bonchev–Trinajstić information content (AvgIpc) is 2.47. The smallest absolute Gasteiger partial charge is 0.106 e. The fourth-order valence-electron chi connectivity index (χ4n) is 2.31. The van der Waals surface area contributed by atoms with E-state index in [1.807, 2.05) is 36.4 Å². The second kappa shape index (κ2) is 5.72. The number of hydrogen-bond acceptors (Lipinski definition) is 2. The highest BCUT2D eigenvalue weighted by molar-refractivity contribution is 7.80. The molecule has 0 atom stereocenters. The fraction of sp³-hybridized carbons (Fsp3) is 0. The summed E-state index contributed by atoms with van der Waals surface area (Å²) in [5.74, 6) is 0. The Balaban J connectivity index is 2.11. The van der Waals surface area contributed by atoms with Crippen LogP contribution in [0.3, 0.4) is 0 Å². The normalized spacial score (nSPS) is 10.5. The lowest BCUT2D eigenvalue weighted by molar-refractivity contribution is 1.54. The van der Waals surface area contributed by atoms with Gasteiger partial charge in [-0.15, -0.1) is 0 Å². The van der Waals surface area contributed by atoms with Gasteiger partial charge in [-0.2, -0.15) is 0 Å². The van der Waals surface area contributed by atoms with Gasteiger partial charge in [-0.05, 0) is 29.7 Å². The van der Waals surface area contributed by atoms with E-state index in [9.17, 15) is 0 Å². The van der Waals surface area contributed by atoms with Crippen LogP contribution in [-0.2, 0) is 0 Å². The number of rotatable bonds is 3. The maximum Gasteiger partial charge on any atom is 0.106 e. The second-order valence-corrected chi connectivity index (χ2v) is 5.58. The van der Waals surface area contributed by atoms with Gasteiger partial charge in [0.1, 0.15) is 4.99 Å². The van der Waals surface area contributed by atoms with Gasteiger partial charge in [-0.3, -0.25) is 0 Å². The third-order valence-corrected chi connectivity index (χ3v) is 3.76. The molecule has 0 saturated heterocycles. The van der Waals surface area contributed by atoms with Crippen molar-refractivity contribution in [1.82, 2.24) is 0 Å². The topological polar surface area (TPSA) is 38.0 Å². The molecule has 0 aliphatic rings. The molecule has 0 aliphatic carbocycles. The van der Waals surface area contributed by atoms with E-state index in [1.54, 1.807) is 6.07 Å². The molecule has 0 fully saturated rings. The largest absolute Gasteiger partial charge is 0.389 e. The third kappa shape index (κ3) is 2.84. The molecule has 3 aromatic carbocycles. The van der Waals surface area contributed by atoms with Gasteiger partial charge >= 0.3 is 0 Å². The molecule has 2 nitrogen and oxygen atoms in total. The summed E-state index contributed by atoms with van der Waals surface area (Å²) in [5, 5.41) is 6.32. The highest BCUT2D eigenvalue weighted by atomic mass is 35.5. The molecule has 0 heterocycles. The number of benzene rings is 3. The molecule has 3 rings (SSSR count). The van der Waals surface area contributed by atoms with Crippen LogP contribution in [0, 0.1) is 0 Å². The lowest BCUT2D eigenvalue weighted by Crippen LogP contribution is -2.11. The van der Waals surface area contributed by atoms with Gasteiger partial charge < -0.3 is 11.1 Å². The molecule has 4 heteroatoms. The molecule has 0 saturated carbocycles. The number of anilines is 2. The summed E-state index contributed by atoms with van der Waals surface area (Å²) in [6.45, 7) is 0. The Morgan fingerprint density at radius 1 is 0.952 bits per heavy atom. The van der Waals surface area contributed by atoms with Gasteiger partial charge in [0.2, 0.25) is 0 Å². The van der Waals surface area contributed by atoms with E-state index in [1.165, 1.54) is 5.39 Å². The number of nitrogens with two attached hydrogens (primary N) is 1. The Morgan fingerprint density at radius 2 is 1.71 bits per heavy atom. The molecule has 0 bridgehead atoms. The molecule has 0 unspecified atom stereocenters. The summed E-state index contributed by atoms with van der Waals surface area (Å²) in [4.78, 5) is 0.342. The number of nitrogens with one attached hydrogen (secondary N) is 1. The zero-order valence-electron chi connectivity index (χ0n) is 11.1. The molecule has 0 aliphatic heterocycles. The van der Waals surface area contributed by atoms with E-state index in [-0.39, 0.29) is 0 Å². The third-order valence-electron chi connectivity index (χ3n) is 3.31. The van der Waals surface area contributed by atoms with Crippen molar-refractivity contribution in [3.8, 4) is 0 Å². The van der Waals surface area contributed by atoms with Crippen molar-refractivity contribution in [2.24, 2.45) is 5.73 Å². The van der Waals surface area contributed by atoms with Crippen LogP contribution < -0.4 is 11.1 Å². The zero-order valence-corrected chi connectivity index (χ0v) is 12.7. The van der Waals surface area contributed by atoms with Crippen molar-refractivity contribution >= 4 is 51.0 Å². The number of halogens is 1. The molecule has 3 aromatic rings. The van der Waals surface area contributed by atoms with Gasteiger partial charge in [0, 0.05) is 21.7 Å². The summed E-state index contributed by atoms with van der Waals surface area (Å²) in [7, 11) is 0. The Morgan fingerprint density at radius 3 is 2.52 bits per heavy atom. The van der Waals surface area contributed by atoms with Crippen LogP contribution in [0.25, 0.3) is 10.8 Å². The van der Waals surface area contributed by atoms with Crippen molar-refractivity contribution in [3.05, 3.63) is 71.2 Å². The fourth-order valence-corrected chi connectivity index (χ4v) is 2.66. The lowest BCUT2D eigenvalue weighted by Gasteiger charge is -2.13. The first kappa shape index (κ1) is 13.9. The van der Waals surface area contributed by atoms with E-state index in [0.29, 0.717) is 10.0 Å². The van der Waals surface area contributed by atoms with Crippen LogP contribution >= 0.6 is 23.8 Å². The average molecular weight is 313 g/mol. The Labute approximate surface area is 133 Å². The first-order valence-electron chi connectivity index (χ1n) is 6.49.